The summed E-state index contributed by atoms with van der Waals surface area (Å²) in [5.41, 5.74) is 3.66. The second kappa shape index (κ2) is 7.29. The number of hydrogen-bond acceptors (Lipinski definition) is 4. The fraction of sp³-hybridized carbons (Fsp3) is 0.400. The first-order chi connectivity index (χ1) is 12.3. The lowest BCUT2D eigenvalue weighted by atomic mass is 10.1. The maximum absolute atomic E-state index is 12.6. The Balaban J connectivity index is 1.77. The van der Waals surface area contributed by atoms with Gasteiger partial charge in [0.2, 0.25) is 0 Å². The number of anilines is 2. The first-order valence-corrected chi connectivity index (χ1v) is 10.3. The zero-order valence-electron chi connectivity index (χ0n) is 15.7. The average molecular weight is 375 g/mol. The molecule has 1 heterocycles. The summed E-state index contributed by atoms with van der Waals surface area (Å²) in [7, 11) is -3.59. The molecule has 1 N–H and O–H groups in total. The van der Waals surface area contributed by atoms with E-state index in [-0.39, 0.29) is 11.0 Å². The minimum Gasteiger partial charge on any atom is -0.375 e. The van der Waals surface area contributed by atoms with Gasteiger partial charge in [0, 0.05) is 24.0 Å². The SMILES string of the molecule is Cc1ccc(S(=O)(=O)Nc2ccc(N3CC(C)OCC3C)cc2)cc1C. The lowest BCUT2D eigenvalue weighted by Gasteiger charge is -2.38. The highest BCUT2D eigenvalue weighted by Gasteiger charge is 2.23. The maximum atomic E-state index is 12.6. The summed E-state index contributed by atoms with van der Waals surface area (Å²) in [5, 5.41) is 0. The molecule has 2 aromatic rings. The summed E-state index contributed by atoms with van der Waals surface area (Å²) < 4.78 is 33.5. The van der Waals surface area contributed by atoms with Gasteiger partial charge in [0.25, 0.3) is 10.0 Å². The summed E-state index contributed by atoms with van der Waals surface area (Å²) in [4.78, 5) is 2.57. The third-order valence-corrected chi connectivity index (χ3v) is 6.23. The van der Waals surface area contributed by atoms with E-state index in [0.29, 0.717) is 18.3 Å². The molecular weight excluding hydrogens is 348 g/mol. The molecule has 0 radical (unpaired) electrons. The van der Waals surface area contributed by atoms with Gasteiger partial charge in [-0.3, -0.25) is 4.72 Å². The van der Waals surface area contributed by atoms with E-state index in [1.165, 1.54) is 0 Å². The Morgan fingerprint density at radius 1 is 1.04 bits per heavy atom. The van der Waals surface area contributed by atoms with Gasteiger partial charge < -0.3 is 9.64 Å². The van der Waals surface area contributed by atoms with Gasteiger partial charge in [-0.2, -0.15) is 0 Å². The van der Waals surface area contributed by atoms with E-state index >= 15 is 0 Å². The highest BCUT2D eigenvalue weighted by Crippen LogP contribution is 2.25. The normalized spacial score (nSPS) is 20.8. The molecule has 0 saturated carbocycles. The van der Waals surface area contributed by atoms with E-state index in [1.54, 1.807) is 24.3 Å². The zero-order chi connectivity index (χ0) is 18.9. The topological polar surface area (TPSA) is 58.6 Å². The van der Waals surface area contributed by atoms with Gasteiger partial charge in [0.05, 0.1) is 17.6 Å². The number of sulfonamides is 1. The highest BCUT2D eigenvalue weighted by molar-refractivity contribution is 7.92. The molecule has 6 heteroatoms. The summed E-state index contributed by atoms with van der Waals surface area (Å²) in [6.07, 6.45) is 0.189. The predicted octanol–water partition coefficient (Wildman–Crippen LogP) is 3.72. The average Bonchev–Trinajstić information content (AvgIpc) is 2.60. The summed E-state index contributed by atoms with van der Waals surface area (Å²) in [6, 6.07) is 13.0. The highest BCUT2D eigenvalue weighted by atomic mass is 32.2. The van der Waals surface area contributed by atoms with Crippen LogP contribution in [-0.4, -0.2) is 33.7 Å². The fourth-order valence-corrected chi connectivity index (χ4v) is 4.22. The quantitative estimate of drug-likeness (QED) is 0.886. The van der Waals surface area contributed by atoms with Gasteiger partial charge in [0.15, 0.2) is 0 Å². The third-order valence-electron chi connectivity index (χ3n) is 4.85. The van der Waals surface area contributed by atoms with Gasteiger partial charge in [-0.05, 0) is 75.2 Å². The molecule has 1 aliphatic heterocycles. The largest absolute Gasteiger partial charge is 0.375 e. The summed E-state index contributed by atoms with van der Waals surface area (Å²) in [5.74, 6) is 0. The molecule has 0 amide bonds. The number of aryl methyl sites for hydroxylation is 2. The van der Waals surface area contributed by atoms with Crippen LogP contribution in [0.5, 0.6) is 0 Å². The minimum absolute atomic E-state index is 0.189. The molecule has 2 atom stereocenters. The van der Waals surface area contributed by atoms with Gasteiger partial charge in [0.1, 0.15) is 0 Å². The molecule has 2 unspecified atom stereocenters. The van der Waals surface area contributed by atoms with Gasteiger partial charge in [-0.25, -0.2) is 8.42 Å². The Kier molecular flexibility index (Phi) is 5.25. The van der Waals surface area contributed by atoms with Crippen molar-refractivity contribution in [3.63, 3.8) is 0 Å². The number of morpholine rings is 1. The van der Waals surface area contributed by atoms with Crippen LogP contribution < -0.4 is 9.62 Å². The van der Waals surface area contributed by atoms with E-state index in [2.05, 4.69) is 23.5 Å². The van der Waals surface area contributed by atoms with Crippen molar-refractivity contribution < 1.29 is 13.2 Å². The zero-order valence-corrected chi connectivity index (χ0v) is 16.5. The molecular formula is C20H26N2O3S. The number of hydrogen-bond donors (Lipinski definition) is 1. The number of rotatable bonds is 4. The molecule has 0 spiro atoms. The van der Waals surface area contributed by atoms with Gasteiger partial charge in [-0.1, -0.05) is 6.07 Å². The van der Waals surface area contributed by atoms with Crippen molar-refractivity contribution in [3.8, 4) is 0 Å². The van der Waals surface area contributed by atoms with E-state index in [1.807, 2.05) is 32.0 Å². The van der Waals surface area contributed by atoms with Crippen molar-refractivity contribution in [3.05, 3.63) is 53.6 Å². The molecule has 1 fully saturated rings. The lowest BCUT2D eigenvalue weighted by Crippen LogP contribution is -2.47. The van der Waals surface area contributed by atoms with Crippen LogP contribution in [0.1, 0.15) is 25.0 Å². The van der Waals surface area contributed by atoms with Gasteiger partial charge in [-0.15, -0.1) is 0 Å². The van der Waals surface area contributed by atoms with Crippen molar-refractivity contribution in [2.45, 2.75) is 44.7 Å². The Labute approximate surface area is 156 Å². The van der Waals surface area contributed by atoms with E-state index in [0.717, 1.165) is 23.4 Å². The Bertz CT molecular complexity index is 878. The molecule has 0 aliphatic carbocycles. The second-order valence-corrected chi connectivity index (χ2v) is 8.73. The summed E-state index contributed by atoms with van der Waals surface area (Å²) in [6.45, 7) is 9.59. The fourth-order valence-electron chi connectivity index (χ4n) is 3.08. The van der Waals surface area contributed by atoms with Crippen LogP contribution in [0.25, 0.3) is 0 Å². The van der Waals surface area contributed by atoms with Crippen LogP contribution in [0.3, 0.4) is 0 Å². The number of nitrogens with zero attached hydrogens (tertiary/aromatic N) is 1. The first-order valence-electron chi connectivity index (χ1n) is 8.84. The van der Waals surface area contributed by atoms with Crippen molar-refractivity contribution in [1.29, 1.82) is 0 Å². The maximum Gasteiger partial charge on any atom is 0.261 e. The predicted molar refractivity (Wildman–Crippen MR) is 105 cm³/mol. The number of benzene rings is 2. The summed E-state index contributed by atoms with van der Waals surface area (Å²) >= 11 is 0. The number of ether oxygens (including phenoxy) is 1. The molecule has 0 bridgehead atoms. The van der Waals surface area contributed by atoms with Crippen molar-refractivity contribution in [2.24, 2.45) is 0 Å². The minimum atomic E-state index is -3.59. The molecule has 1 aliphatic rings. The van der Waals surface area contributed by atoms with Crippen molar-refractivity contribution in [1.82, 2.24) is 0 Å². The Morgan fingerprint density at radius 3 is 2.38 bits per heavy atom. The monoisotopic (exact) mass is 374 g/mol. The molecule has 1 saturated heterocycles. The van der Waals surface area contributed by atoms with E-state index in [4.69, 9.17) is 4.74 Å². The molecule has 2 aromatic carbocycles. The molecule has 140 valence electrons. The van der Waals surface area contributed by atoms with Gasteiger partial charge >= 0.3 is 0 Å². The van der Waals surface area contributed by atoms with Crippen LogP contribution in [-0.2, 0) is 14.8 Å². The molecule has 3 rings (SSSR count). The van der Waals surface area contributed by atoms with Crippen LogP contribution in [0.4, 0.5) is 11.4 Å². The Morgan fingerprint density at radius 2 is 1.73 bits per heavy atom. The third kappa shape index (κ3) is 4.02. The molecule has 26 heavy (non-hydrogen) atoms. The van der Waals surface area contributed by atoms with Crippen molar-refractivity contribution >= 4 is 21.4 Å². The van der Waals surface area contributed by atoms with Crippen LogP contribution >= 0.6 is 0 Å². The van der Waals surface area contributed by atoms with Crippen LogP contribution in [0.15, 0.2) is 47.4 Å². The standard InChI is InChI=1S/C20H26N2O3S/c1-14-5-10-20(11-15(14)2)26(23,24)21-18-6-8-19(9-7-18)22-12-17(4)25-13-16(22)3/h5-11,16-17,21H,12-13H2,1-4H3. The molecule has 0 aromatic heterocycles. The van der Waals surface area contributed by atoms with E-state index < -0.39 is 10.0 Å². The Hall–Kier alpha value is -2.05. The van der Waals surface area contributed by atoms with Crippen LogP contribution in [0, 0.1) is 13.8 Å². The smallest absolute Gasteiger partial charge is 0.261 e. The lowest BCUT2D eigenvalue weighted by molar-refractivity contribution is 0.0344. The molecule has 5 nitrogen and oxygen atoms in total. The number of nitrogens with one attached hydrogen (secondary N) is 1. The van der Waals surface area contributed by atoms with E-state index in [9.17, 15) is 8.42 Å². The van der Waals surface area contributed by atoms with Crippen LogP contribution in [0.2, 0.25) is 0 Å². The second-order valence-electron chi connectivity index (χ2n) is 7.04. The van der Waals surface area contributed by atoms with Crippen molar-refractivity contribution in [2.75, 3.05) is 22.8 Å². The first kappa shape index (κ1) is 18.7.